The average Bonchev–Trinajstić information content (AvgIpc) is 2.51. The predicted octanol–water partition coefficient (Wildman–Crippen LogP) is 1.86. The molecule has 2 fully saturated rings. The number of piperazine rings is 1. The maximum absolute atomic E-state index is 3.51. The van der Waals surface area contributed by atoms with E-state index in [1.54, 1.807) is 0 Å². The van der Waals surface area contributed by atoms with Crippen molar-refractivity contribution in [2.45, 2.75) is 58.2 Å². The van der Waals surface area contributed by atoms with Crippen LogP contribution in [0.2, 0.25) is 0 Å². The topological polar surface area (TPSA) is 15.3 Å². The van der Waals surface area contributed by atoms with E-state index in [0.717, 1.165) is 24.0 Å². The van der Waals surface area contributed by atoms with Crippen molar-refractivity contribution in [1.82, 2.24) is 10.2 Å². The number of hydrogen-bond donors (Lipinski definition) is 1. The van der Waals surface area contributed by atoms with E-state index in [-0.39, 0.29) is 0 Å². The normalized spacial score (nSPS) is 45.6. The first kappa shape index (κ1) is 10.4. The zero-order valence-corrected chi connectivity index (χ0v) is 9.79. The van der Waals surface area contributed by atoms with E-state index in [9.17, 15) is 0 Å². The molecule has 0 aromatic rings. The van der Waals surface area contributed by atoms with Gasteiger partial charge in [-0.1, -0.05) is 6.92 Å². The minimum Gasteiger partial charge on any atom is -0.314 e. The molecule has 0 radical (unpaired) electrons. The summed E-state index contributed by atoms with van der Waals surface area (Å²) in [6.45, 7) is 9.49. The van der Waals surface area contributed by atoms with Crippen LogP contribution in [0.1, 0.15) is 40.0 Å². The Morgan fingerprint density at radius 1 is 1.00 bits per heavy atom. The lowest BCUT2D eigenvalue weighted by Crippen LogP contribution is -2.58. The molecule has 1 aliphatic carbocycles. The third-order valence-electron chi connectivity index (χ3n) is 3.99. The first-order valence-corrected chi connectivity index (χ1v) is 6.16. The summed E-state index contributed by atoms with van der Waals surface area (Å²) in [6.07, 6.45) is 4.29. The Kier molecular flexibility index (Phi) is 3.13. The maximum atomic E-state index is 3.51. The molecule has 2 unspecified atom stereocenters. The zero-order valence-electron chi connectivity index (χ0n) is 9.79. The van der Waals surface area contributed by atoms with Crippen LogP contribution in [0.15, 0.2) is 0 Å². The van der Waals surface area contributed by atoms with Crippen LogP contribution >= 0.6 is 0 Å². The first-order chi connectivity index (χ1) is 6.68. The van der Waals surface area contributed by atoms with Crippen LogP contribution in [0.4, 0.5) is 0 Å². The van der Waals surface area contributed by atoms with E-state index >= 15 is 0 Å². The molecule has 4 atom stereocenters. The van der Waals surface area contributed by atoms with Gasteiger partial charge in [-0.2, -0.15) is 0 Å². The summed E-state index contributed by atoms with van der Waals surface area (Å²) in [4.78, 5) is 2.76. The fourth-order valence-electron chi connectivity index (χ4n) is 3.31. The second-order valence-electron chi connectivity index (χ2n) is 5.38. The molecule has 1 aliphatic heterocycles. The molecule has 14 heavy (non-hydrogen) atoms. The molecule has 2 rings (SSSR count). The van der Waals surface area contributed by atoms with Gasteiger partial charge in [0.2, 0.25) is 0 Å². The minimum atomic E-state index is 0.731. The first-order valence-electron chi connectivity index (χ1n) is 6.16. The maximum Gasteiger partial charge on any atom is 0.0198 e. The third-order valence-corrected chi connectivity index (χ3v) is 3.99. The number of nitrogens with zero attached hydrogens (tertiary/aromatic N) is 1. The molecule has 2 heteroatoms. The molecule has 0 amide bonds. The Balaban J connectivity index is 1.99. The van der Waals surface area contributed by atoms with Gasteiger partial charge >= 0.3 is 0 Å². The van der Waals surface area contributed by atoms with Gasteiger partial charge in [-0.25, -0.2) is 0 Å². The highest BCUT2D eigenvalue weighted by atomic mass is 15.3. The molecular weight excluding hydrogens is 172 g/mol. The summed E-state index contributed by atoms with van der Waals surface area (Å²) >= 11 is 0. The summed E-state index contributed by atoms with van der Waals surface area (Å²) in [5.74, 6) is 0.953. The van der Waals surface area contributed by atoms with Crippen LogP contribution in [0, 0.1) is 5.92 Å². The van der Waals surface area contributed by atoms with E-state index in [2.05, 4.69) is 31.0 Å². The second-order valence-corrected chi connectivity index (χ2v) is 5.38. The van der Waals surface area contributed by atoms with E-state index in [4.69, 9.17) is 0 Å². The minimum absolute atomic E-state index is 0.731. The number of nitrogens with one attached hydrogen (secondary N) is 1. The fraction of sp³-hybridized carbons (Fsp3) is 1.00. The van der Waals surface area contributed by atoms with Crippen molar-refractivity contribution in [2.24, 2.45) is 5.92 Å². The molecule has 82 valence electrons. The Labute approximate surface area is 88.1 Å². The van der Waals surface area contributed by atoms with E-state index < -0.39 is 0 Å². The van der Waals surface area contributed by atoms with E-state index in [0.29, 0.717) is 0 Å². The van der Waals surface area contributed by atoms with Gasteiger partial charge in [0, 0.05) is 31.2 Å². The molecule has 1 N–H and O–H groups in total. The van der Waals surface area contributed by atoms with Gasteiger partial charge in [-0.05, 0) is 39.0 Å². The zero-order chi connectivity index (χ0) is 10.1. The Hall–Kier alpha value is -0.0800. The highest BCUT2D eigenvalue weighted by Gasteiger charge is 2.34. The predicted molar refractivity (Wildman–Crippen MR) is 60.4 cm³/mol. The van der Waals surface area contributed by atoms with Crippen LogP contribution in [0.3, 0.4) is 0 Å². The van der Waals surface area contributed by atoms with Crippen molar-refractivity contribution in [3.8, 4) is 0 Å². The van der Waals surface area contributed by atoms with Gasteiger partial charge in [0.25, 0.3) is 0 Å². The van der Waals surface area contributed by atoms with Crippen LogP contribution in [-0.2, 0) is 0 Å². The molecule has 1 heterocycles. The van der Waals surface area contributed by atoms with Crippen molar-refractivity contribution in [3.05, 3.63) is 0 Å². The van der Waals surface area contributed by atoms with Gasteiger partial charge in [-0.3, -0.25) is 4.90 Å². The van der Waals surface area contributed by atoms with Gasteiger partial charge in [0.1, 0.15) is 0 Å². The lowest BCUT2D eigenvalue weighted by Gasteiger charge is -2.43. The molecule has 0 aromatic heterocycles. The Morgan fingerprint density at radius 2 is 1.64 bits per heavy atom. The van der Waals surface area contributed by atoms with Crippen molar-refractivity contribution < 1.29 is 0 Å². The highest BCUT2D eigenvalue weighted by Crippen LogP contribution is 2.31. The average molecular weight is 196 g/mol. The summed E-state index contributed by atoms with van der Waals surface area (Å²) in [5.41, 5.74) is 0. The largest absolute Gasteiger partial charge is 0.314 e. The van der Waals surface area contributed by atoms with E-state index in [1.807, 2.05) is 0 Å². The quantitative estimate of drug-likeness (QED) is 0.688. The van der Waals surface area contributed by atoms with Crippen molar-refractivity contribution in [1.29, 1.82) is 0 Å². The van der Waals surface area contributed by atoms with Crippen LogP contribution < -0.4 is 5.32 Å². The summed E-state index contributed by atoms with van der Waals surface area (Å²) < 4.78 is 0. The highest BCUT2D eigenvalue weighted by molar-refractivity contribution is 4.90. The van der Waals surface area contributed by atoms with Gasteiger partial charge in [-0.15, -0.1) is 0 Å². The monoisotopic (exact) mass is 196 g/mol. The molecular formula is C12H24N2. The molecule has 1 saturated heterocycles. The smallest absolute Gasteiger partial charge is 0.0198 e. The Morgan fingerprint density at radius 3 is 2.14 bits per heavy atom. The summed E-state index contributed by atoms with van der Waals surface area (Å²) in [7, 11) is 0. The van der Waals surface area contributed by atoms with Gasteiger partial charge in [0.15, 0.2) is 0 Å². The lowest BCUT2D eigenvalue weighted by atomic mass is 10.0. The number of hydrogen-bond acceptors (Lipinski definition) is 2. The molecule has 2 nitrogen and oxygen atoms in total. The van der Waals surface area contributed by atoms with Gasteiger partial charge in [0.05, 0.1) is 0 Å². The third kappa shape index (κ3) is 1.96. The summed E-state index contributed by atoms with van der Waals surface area (Å²) in [5, 5.41) is 3.51. The van der Waals surface area contributed by atoms with E-state index in [1.165, 1.54) is 32.4 Å². The van der Waals surface area contributed by atoms with Crippen molar-refractivity contribution >= 4 is 0 Å². The van der Waals surface area contributed by atoms with Crippen LogP contribution in [0.25, 0.3) is 0 Å². The molecule has 0 spiro atoms. The van der Waals surface area contributed by atoms with Crippen molar-refractivity contribution in [3.63, 3.8) is 0 Å². The molecule has 0 bridgehead atoms. The lowest BCUT2D eigenvalue weighted by molar-refractivity contribution is 0.0676. The SMILES string of the molecule is CC1CCC(N2[C@H](C)CNC[C@@H]2C)C1. The second kappa shape index (κ2) is 4.19. The number of rotatable bonds is 1. The van der Waals surface area contributed by atoms with Crippen LogP contribution in [0.5, 0.6) is 0 Å². The summed E-state index contributed by atoms with van der Waals surface area (Å²) in [6, 6.07) is 2.33. The van der Waals surface area contributed by atoms with Gasteiger partial charge < -0.3 is 5.32 Å². The Bertz CT molecular complexity index is 183. The molecule has 0 aromatic carbocycles. The molecule has 1 saturated carbocycles. The fourth-order valence-corrected chi connectivity index (χ4v) is 3.31. The van der Waals surface area contributed by atoms with Crippen LogP contribution in [-0.4, -0.2) is 36.1 Å². The molecule has 2 aliphatic rings. The standard InChI is InChI=1S/C12H24N2/c1-9-4-5-12(6-9)14-10(2)7-13-8-11(14)3/h9-13H,4-8H2,1-3H3/t9?,10-,11+,12?. The van der Waals surface area contributed by atoms with Crippen molar-refractivity contribution in [2.75, 3.05) is 13.1 Å².